The van der Waals surface area contributed by atoms with Gasteiger partial charge in [0, 0.05) is 10.6 Å². The third-order valence-electron chi connectivity index (χ3n) is 4.57. The van der Waals surface area contributed by atoms with Crippen molar-refractivity contribution in [2.24, 2.45) is 0 Å². The Labute approximate surface area is 186 Å². The minimum Gasteiger partial charge on any atom is -0.480 e. The van der Waals surface area contributed by atoms with E-state index in [0.717, 1.165) is 17.1 Å². The van der Waals surface area contributed by atoms with Gasteiger partial charge in [0.15, 0.2) is 6.61 Å². The fourth-order valence-electron chi connectivity index (χ4n) is 3.14. The van der Waals surface area contributed by atoms with Gasteiger partial charge in [0.2, 0.25) is 0 Å². The van der Waals surface area contributed by atoms with Gasteiger partial charge in [-0.2, -0.15) is 0 Å². The summed E-state index contributed by atoms with van der Waals surface area (Å²) >= 11 is 7.91. The number of aliphatic carboxylic acids is 1. The summed E-state index contributed by atoms with van der Waals surface area (Å²) in [6.07, 6.45) is 3.22. The van der Waals surface area contributed by atoms with E-state index in [-0.39, 0.29) is 0 Å². The van der Waals surface area contributed by atoms with E-state index in [2.05, 4.69) is 61.5 Å². The van der Waals surface area contributed by atoms with Crippen LogP contribution in [0.15, 0.2) is 83.8 Å². The van der Waals surface area contributed by atoms with Crippen molar-refractivity contribution in [3.05, 3.63) is 101 Å². The molecule has 0 aromatic heterocycles. The second kappa shape index (κ2) is 10.9. The van der Waals surface area contributed by atoms with Crippen molar-refractivity contribution < 1.29 is 14.6 Å². The van der Waals surface area contributed by atoms with Gasteiger partial charge in [0.05, 0.1) is 5.02 Å². The molecule has 1 N–H and O–H groups in total. The van der Waals surface area contributed by atoms with Crippen molar-refractivity contribution in [1.29, 1.82) is 0 Å². The highest BCUT2D eigenvalue weighted by Crippen LogP contribution is 2.32. The van der Waals surface area contributed by atoms with Gasteiger partial charge in [-0.05, 0) is 46.9 Å². The molecule has 0 bridgehead atoms. The van der Waals surface area contributed by atoms with E-state index in [1.807, 2.05) is 12.1 Å². The highest BCUT2D eigenvalue weighted by molar-refractivity contribution is 7.99. The zero-order valence-corrected chi connectivity index (χ0v) is 18.2. The summed E-state index contributed by atoms with van der Waals surface area (Å²) < 4.78 is 5.18. The van der Waals surface area contributed by atoms with Crippen molar-refractivity contribution >= 4 is 34.9 Å². The molecule has 0 unspecified atom stereocenters. The van der Waals surface area contributed by atoms with E-state index in [1.165, 1.54) is 22.3 Å². The van der Waals surface area contributed by atoms with Gasteiger partial charge in [-0.3, -0.25) is 0 Å². The Hall–Kier alpha value is -2.69. The third-order valence-corrected chi connectivity index (χ3v) is 5.78. The summed E-state index contributed by atoms with van der Waals surface area (Å²) in [4.78, 5) is 11.7. The number of rotatable bonds is 9. The minimum atomic E-state index is -1.03. The Morgan fingerprint density at radius 1 is 1.07 bits per heavy atom. The lowest BCUT2D eigenvalue weighted by molar-refractivity contribution is -0.139. The molecule has 0 aliphatic carbocycles. The number of hydrogen-bond acceptors (Lipinski definition) is 3. The first-order chi connectivity index (χ1) is 14.6. The van der Waals surface area contributed by atoms with Crippen LogP contribution in [0.2, 0.25) is 5.02 Å². The summed E-state index contributed by atoms with van der Waals surface area (Å²) in [5.74, 6) is 0.116. The zero-order chi connectivity index (χ0) is 21.3. The van der Waals surface area contributed by atoms with Crippen LogP contribution in [0.3, 0.4) is 0 Å². The smallest absolute Gasteiger partial charge is 0.341 e. The lowest BCUT2D eigenvalue weighted by Crippen LogP contribution is -2.09. The Morgan fingerprint density at radius 2 is 1.80 bits per heavy atom. The minimum absolute atomic E-state index is 0.376. The Morgan fingerprint density at radius 3 is 2.50 bits per heavy atom. The van der Waals surface area contributed by atoms with Gasteiger partial charge in [-0.15, -0.1) is 11.8 Å². The molecule has 0 aliphatic heterocycles. The number of ether oxygens (including phenoxy) is 1. The molecule has 0 heterocycles. The van der Waals surface area contributed by atoms with Crippen molar-refractivity contribution in [2.75, 3.05) is 12.4 Å². The molecule has 0 radical (unpaired) electrons. The lowest BCUT2D eigenvalue weighted by Gasteiger charge is -2.13. The SMILES string of the molecule is CCc1ccccc1C(=CCSc1ccc(OCC(=O)O)c(Cl)c1)c1ccccc1. The van der Waals surface area contributed by atoms with Crippen LogP contribution in [0.1, 0.15) is 23.6 Å². The first-order valence-electron chi connectivity index (χ1n) is 9.69. The Balaban J connectivity index is 1.80. The maximum absolute atomic E-state index is 10.7. The number of carboxylic acids is 1. The highest BCUT2D eigenvalue weighted by atomic mass is 35.5. The van der Waals surface area contributed by atoms with E-state index < -0.39 is 12.6 Å². The van der Waals surface area contributed by atoms with Gasteiger partial charge < -0.3 is 9.84 Å². The molecular weight excluding hydrogens is 416 g/mol. The number of carbonyl (C=O) groups is 1. The number of hydrogen-bond donors (Lipinski definition) is 1. The molecule has 0 spiro atoms. The van der Waals surface area contributed by atoms with Crippen LogP contribution in [0.5, 0.6) is 5.75 Å². The van der Waals surface area contributed by atoms with Crippen LogP contribution in [0.4, 0.5) is 0 Å². The monoisotopic (exact) mass is 438 g/mol. The van der Waals surface area contributed by atoms with Crippen LogP contribution in [0.25, 0.3) is 5.57 Å². The Kier molecular flexibility index (Phi) is 8.00. The number of benzene rings is 3. The molecule has 3 aromatic carbocycles. The molecule has 0 amide bonds. The standard InChI is InChI=1S/C25H23ClO3S/c1-2-18-8-6-7-11-21(18)22(19-9-4-3-5-10-19)14-15-30-20-12-13-24(23(26)16-20)29-17-25(27)28/h3-14,16H,2,15,17H2,1H3,(H,27,28). The predicted molar refractivity (Wildman–Crippen MR) is 125 cm³/mol. The van der Waals surface area contributed by atoms with Crippen LogP contribution in [0, 0.1) is 0 Å². The quantitative estimate of drug-likeness (QED) is 0.383. The first kappa shape index (κ1) is 22.0. The van der Waals surface area contributed by atoms with Gasteiger partial charge in [0.25, 0.3) is 0 Å². The number of halogens is 1. The van der Waals surface area contributed by atoms with Gasteiger partial charge >= 0.3 is 5.97 Å². The molecule has 0 saturated carbocycles. The summed E-state index contributed by atoms with van der Waals surface area (Å²) in [6, 6.07) is 24.3. The zero-order valence-electron chi connectivity index (χ0n) is 16.7. The number of carboxylic acid groups (broad SMARTS) is 1. The molecule has 0 saturated heterocycles. The van der Waals surface area contributed by atoms with E-state index >= 15 is 0 Å². The van der Waals surface area contributed by atoms with Crippen LogP contribution in [-0.2, 0) is 11.2 Å². The Bertz CT molecular complexity index is 1030. The van der Waals surface area contributed by atoms with Crippen molar-refractivity contribution in [3.63, 3.8) is 0 Å². The van der Waals surface area contributed by atoms with E-state index in [0.29, 0.717) is 10.8 Å². The molecule has 3 rings (SSSR count). The van der Waals surface area contributed by atoms with Crippen molar-refractivity contribution in [3.8, 4) is 5.75 Å². The second-order valence-electron chi connectivity index (χ2n) is 6.58. The van der Waals surface area contributed by atoms with Crippen molar-refractivity contribution in [2.45, 2.75) is 18.2 Å². The van der Waals surface area contributed by atoms with Gasteiger partial charge in [-0.1, -0.05) is 79.2 Å². The normalized spacial score (nSPS) is 11.3. The van der Waals surface area contributed by atoms with Crippen LogP contribution < -0.4 is 4.74 Å². The molecular formula is C25H23ClO3S. The van der Waals surface area contributed by atoms with E-state index in [1.54, 1.807) is 23.9 Å². The molecule has 154 valence electrons. The largest absolute Gasteiger partial charge is 0.480 e. The second-order valence-corrected chi connectivity index (χ2v) is 8.08. The third kappa shape index (κ3) is 5.91. The fourth-order valence-corrected chi connectivity index (χ4v) is 4.25. The predicted octanol–water partition coefficient (Wildman–Crippen LogP) is 6.59. The molecule has 3 aromatic rings. The average molecular weight is 439 g/mol. The van der Waals surface area contributed by atoms with Gasteiger partial charge in [-0.25, -0.2) is 4.79 Å². The van der Waals surface area contributed by atoms with E-state index in [9.17, 15) is 4.79 Å². The number of thioether (sulfide) groups is 1. The van der Waals surface area contributed by atoms with Gasteiger partial charge in [0.1, 0.15) is 5.75 Å². The van der Waals surface area contributed by atoms with Crippen LogP contribution in [-0.4, -0.2) is 23.4 Å². The summed E-state index contributed by atoms with van der Waals surface area (Å²) in [7, 11) is 0. The van der Waals surface area contributed by atoms with Crippen LogP contribution >= 0.6 is 23.4 Å². The maximum atomic E-state index is 10.7. The number of aryl methyl sites for hydroxylation is 1. The summed E-state index contributed by atoms with van der Waals surface area (Å²) in [5, 5.41) is 9.14. The lowest BCUT2D eigenvalue weighted by atomic mass is 9.93. The molecule has 0 aliphatic rings. The molecule has 3 nitrogen and oxygen atoms in total. The topological polar surface area (TPSA) is 46.5 Å². The summed E-state index contributed by atoms with van der Waals surface area (Å²) in [6.45, 7) is 1.76. The van der Waals surface area contributed by atoms with Crippen molar-refractivity contribution in [1.82, 2.24) is 0 Å². The average Bonchev–Trinajstić information content (AvgIpc) is 2.76. The molecule has 30 heavy (non-hydrogen) atoms. The first-order valence-corrected chi connectivity index (χ1v) is 11.1. The molecule has 0 atom stereocenters. The summed E-state index contributed by atoms with van der Waals surface area (Å²) in [5.41, 5.74) is 4.98. The molecule has 0 fully saturated rings. The highest BCUT2D eigenvalue weighted by Gasteiger charge is 2.09. The molecule has 5 heteroatoms. The maximum Gasteiger partial charge on any atom is 0.341 e. The van der Waals surface area contributed by atoms with E-state index in [4.69, 9.17) is 21.4 Å². The fraction of sp³-hybridized carbons (Fsp3) is 0.160.